The maximum atomic E-state index is 13.6. The lowest BCUT2D eigenvalue weighted by Crippen LogP contribution is -2.59. The molecule has 1 fully saturated rings. The molecule has 0 spiro atoms. The highest BCUT2D eigenvalue weighted by atomic mass is 32.2. The summed E-state index contributed by atoms with van der Waals surface area (Å²) in [5.74, 6) is -1.91. The highest BCUT2D eigenvalue weighted by molar-refractivity contribution is 7.89. The van der Waals surface area contributed by atoms with Gasteiger partial charge in [-0.3, -0.25) is 4.79 Å². The number of benzene rings is 1. The zero-order valence-electron chi connectivity index (χ0n) is 15.5. The smallest absolute Gasteiger partial charge is 0.272 e. The molecule has 152 valence electrons. The number of amides is 1. The van der Waals surface area contributed by atoms with Crippen molar-refractivity contribution in [1.82, 2.24) is 9.29 Å². The molecular formula is C17H21FN4O5S. The van der Waals surface area contributed by atoms with Crippen LogP contribution in [0.5, 0.6) is 5.75 Å². The molecule has 3 rings (SSSR count). The number of nitrogens with one attached hydrogen (secondary N) is 2. The Morgan fingerprint density at radius 3 is 2.61 bits per heavy atom. The monoisotopic (exact) mass is 412 g/mol. The number of aromatic hydroxyl groups is 1. The van der Waals surface area contributed by atoms with Crippen LogP contribution in [0.3, 0.4) is 0 Å². The quantitative estimate of drug-likeness (QED) is 0.429. The summed E-state index contributed by atoms with van der Waals surface area (Å²) in [4.78, 5) is 12.5. The average molecular weight is 412 g/mol. The Morgan fingerprint density at radius 1 is 1.39 bits per heavy atom. The lowest BCUT2D eigenvalue weighted by atomic mass is 10.0. The first-order valence-electron chi connectivity index (χ1n) is 8.30. The van der Waals surface area contributed by atoms with Gasteiger partial charge in [0, 0.05) is 18.8 Å². The topological polar surface area (TPSA) is 136 Å². The molecule has 2 aromatic rings. The number of carbonyl (C=O) groups excluding carboxylic acids is 1. The van der Waals surface area contributed by atoms with Crippen LogP contribution in [0.2, 0.25) is 0 Å². The van der Waals surface area contributed by atoms with Gasteiger partial charge in [-0.05, 0) is 26.0 Å². The fraction of sp³-hybridized carbons (Fsp3) is 0.353. The zero-order valence-corrected chi connectivity index (χ0v) is 16.4. The molecular weight excluding hydrogens is 391 g/mol. The predicted molar refractivity (Wildman–Crippen MR) is 100 cm³/mol. The summed E-state index contributed by atoms with van der Waals surface area (Å²) in [6, 6.07) is 2.18. The number of aromatic nitrogens is 1. The summed E-state index contributed by atoms with van der Waals surface area (Å²) in [6.07, 6.45) is 1.29. The Kier molecular flexibility index (Phi) is 4.86. The van der Waals surface area contributed by atoms with E-state index in [4.69, 9.17) is 10.5 Å². The Bertz CT molecular complexity index is 1060. The Morgan fingerprint density at radius 2 is 2.04 bits per heavy atom. The summed E-state index contributed by atoms with van der Waals surface area (Å²) in [5.41, 5.74) is 4.63. The van der Waals surface area contributed by atoms with Gasteiger partial charge in [0.05, 0.1) is 24.4 Å². The van der Waals surface area contributed by atoms with Gasteiger partial charge in [-0.2, -0.15) is 0 Å². The molecule has 1 aliphatic heterocycles. The summed E-state index contributed by atoms with van der Waals surface area (Å²) < 4.78 is 47.6. The van der Waals surface area contributed by atoms with E-state index >= 15 is 0 Å². The molecule has 9 nitrogen and oxygen atoms in total. The normalized spacial score (nSPS) is 15.9. The van der Waals surface area contributed by atoms with Crippen molar-refractivity contribution < 1.29 is 27.4 Å². The maximum absolute atomic E-state index is 13.6. The van der Waals surface area contributed by atoms with Gasteiger partial charge in [-0.25, -0.2) is 17.5 Å². The van der Waals surface area contributed by atoms with Crippen molar-refractivity contribution in [3.05, 3.63) is 35.4 Å². The first-order valence-corrected chi connectivity index (χ1v) is 9.79. The third-order valence-corrected chi connectivity index (χ3v) is 6.11. The summed E-state index contributed by atoms with van der Waals surface area (Å²) in [5, 5.41) is 12.5. The number of anilines is 2. The highest BCUT2D eigenvalue weighted by Gasteiger charge is 2.38. The van der Waals surface area contributed by atoms with Crippen LogP contribution in [0.15, 0.2) is 23.2 Å². The number of nitrogens with zero attached hydrogens (tertiary/aromatic N) is 1. The summed E-state index contributed by atoms with van der Waals surface area (Å²) in [7, 11) is -2.37. The summed E-state index contributed by atoms with van der Waals surface area (Å²) in [6.45, 7) is 3.57. The molecule has 1 aromatic carbocycles. The van der Waals surface area contributed by atoms with Crippen LogP contribution in [0, 0.1) is 12.7 Å². The average Bonchev–Trinajstić information content (AvgIpc) is 2.98. The zero-order chi connectivity index (χ0) is 20.9. The molecule has 0 aliphatic carbocycles. The number of hydrogen-bond donors (Lipinski definition) is 4. The molecule has 2 heterocycles. The van der Waals surface area contributed by atoms with Crippen LogP contribution in [0.1, 0.15) is 23.0 Å². The Balaban J connectivity index is 1.87. The van der Waals surface area contributed by atoms with Crippen LogP contribution < -0.4 is 15.8 Å². The number of carbonyl (C=O) groups is 1. The van der Waals surface area contributed by atoms with Crippen LogP contribution in [0.4, 0.5) is 15.8 Å². The molecule has 1 amide bonds. The van der Waals surface area contributed by atoms with Crippen molar-refractivity contribution in [2.24, 2.45) is 7.05 Å². The number of phenolic OH excluding ortho intramolecular Hbond substituents is 1. The molecule has 0 radical (unpaired) electrons. The van der Waals surface area contributed by atoms with Gasteiger partial charge in [0.15, 0.2) is 0 Å². The van der Waals surface area contributed by atoms with E-state index < -0.39 is 33.0 Å². The lowest BCUT2D eigenvalue weighted by Gasteiger charge is -2.38. The lowest BCUT2D eigenvalue weighted by molar-refractivity contribution is -0.0523. The molecule has 11 heteroatoms. The number of rotatable bonds is 5. The predicted octanol–water partition coefficient (Wildman–Crippen LogP) is 1.08. The van der Waals surface area contributed by atoms with Crippen LogP contribution in [-0.2, 0) is 21.8 Å². The number of nitrogens with two attached hydrogens (primary N) is 1. The van der Waals surface area contributed by atoms with Crippen molar-refractivity contribution >= 4 is 27.3 Å². The van der Waals surface area contributed by atoms with Gasteiger partial charge in [0.2, 0.25) is 10.0 Å². The fourth-order valence-electron chi connectivity index (χ4n) is 2.82. The third-order valence-electron chi connectivity index (χ3n) is 4.50. The van der Waals surface area contributed by atoms with Gasteiger partial charge in [0.25, 0.3) is 5.91 Å². The number of hydrogen-bond acceptors (Lipinski definition) is 6. The van der Waals surface area contributed by atoms with E-state index in [1.807, 2.05) is 0 Å². The molecule has 0 saturated carbocycles. The van der Waals surface area contributed by atoms with E-state index in [9.17, 15) is 22.7 Å². The number of aryl methyl sites for hydroxylation is 1. The molecule has 5 N–H and O–H groups in total. The van der Waals surface area contributed by atoms with E-state index in [2.05, 4.69) is 10.0 Å². The van der Waals surface area contributed by atoms with Gasteiger partial charge >= 0.3 is 0 Å². The molecule has 0 atom stereocenters. The third kappa shape index (κ3) is 3.55. The minimum absolute atomic E-state index is 0.0103. The molecule has 1 aliphatic rings. The minimum atomic E-state index is -3.87. The molecule has 1 saturated heterocycles. The number of nitrogen functional groups attached to an aromatic ring is 1. The second-order valence-corrected chi connectivity index (χ2v) is 8.76. The van der Waals surface area contributed by atoms with Crippen LogP contribution in [-0.4, -0.2) is 42.8 Å². The molecule has 1 aromatic heterocycles. The van der Waals surface area contributed by atoms with E-state index in [1.54, 1.807) is 6.92 Å². The molecule has 28 heavy (non-hydrogen) atoms. The fourth-order valence-corrected chi connectivity index (χ4v) is 4.27. The largest absolute Gasteiger partial charge is 0.505 e. The Labute approximate surface area is 161 Å². The molecule has 0 unspecified atom stereocenters. The highest BCUT2D eigenvalue weighted by Crippen LogP contribution is 2.35. The van der Waals surface area contributed by atoms with Gasteiger partial charge in [-0.1, -0.05) is 0 Å². The first kappa shape index (κ1) is 20.1. The maximum Gasteiger partial charge on any atom is 0.272 e. The number of phenols is 1. The van der Waals surface area contributed by atoms with Crippen LogP contribution in [0.25, 0.3) is 0 Å². The van der Waals surface area contributed by atoms with E-state index in [1.165, 1.54) is 30.8 Å². The number of halogens is 1. The van der Waals surface area contributed by atoms with Crippen molar-refractivity contribution in [2.75, 3.05) is 24.3 Å². The van der Waals surface area contributed by atoms with Crippen LogP contribution >= 0.6 is 0 Å². The van der Waals surface area contributed by atoms with Gasteiger partial charge in [0.1, 0.15) is 27.8 Å². The molecule has 0 bridgehead atoms. The SMILES string of the molecule is Cc1c(F)cc(N)c(NC(=O)c2cc(S(=O)(=O)NC3(C)COC3)cn2C)c1O. The standard InChI is InChI=1S/C17H21FN4O5S/c1-9-11(18)5-12(19)14(15(9)23)20-16(24)13-4-10(6-22(13)3)28(25,26)21-17(2)7-27-8-17/h4-6,21,23H,7-8,19H2,1-3H3,(H,20,24). The Hall–Kier alpha value is -2.63. The summed E-state index contributed by atoms with van der Waals surface area (Å²) >= 11 is 0. The van der Waals surface area contributed by atoms with E-state index in [0.29, 0.717) is 0 Å². The van der Waals surface area contributed by atoms with Crippen molar-refractivity contribution in [3.63, 3.8) is 0 Å². The van der Waals surface area contributed by atoms with Gasteiger partial charge in [-0.15, -0.1) is 0 Å². The second kappa shape index (κ2) is 6.76. The number of ether oxygens (including phenoxy) is 1. The van der Waals surface area contributed by atoms with Gasteiger partial charge < -0.3 is 25.5 Å². The van der Waals surface area contributed by atoms with E-state index in [0.717, 1.165) is 6.07 Å². The minimum Gasteiger partial charge on any atom is -0.505 e. The second-order valence-electron chi connectivity index (χ2n) is 7.08. The van der Waals surface area contributed by atoms with E-state index in [-0.39, 0.29) is 40.7 Å². The van der Waals surface area contributed by atoms with Crippen molar-refractivity contribution in [2.45, 2.75) is 24.3 Å². The van der Waals surface area contributed by atoms with Crippen molar-refractivity contribution in [3.8, 4) is 5.75 Å². The number of sulfonamides is 1. The first-order chi connectivity index (χ1) is 12.9. The van der Waals surface area contributed by atoms with Crippen molar-refractivity contribution in [1.29, 1.82) is 0 Å².